The number of rotatable bonds is 3. The second kappa shape index (κ2) is 5.30. The quantitative estimate of drug-likeness (QED) is 0.755. The lowest BCUT2D eigenvalue weighted by atomic mass is 9.91. The lowest BCUT2D eigenvalue weighted by molar-refractivity contribution is -0.133. The molecule has 0 aromatic carbocycles. The third kappa shape index (κ3) is 7.23. The predicted octanol–water partition coefficient (Wildman–Crippen LogP) is 2.06. The number of hydrogen-bond acceptors (Lipinski definition) is 4. The molecule has 0 aromatic rings. The van der Waals surface area contributed by atoms with E-state index in [2.05, 4.69) is 5.48 Å². The van der Waals surface area contributed by atoms with Crippen LogP contribution >= 0.6 is 0 Å². The molecule has 1 amide bonds. The first-order valence-electron chi connectivity index (χ1n) is 5.16. The van der Waals surface area contributed by atoms with Crippen molar-refractivity contribution >= 4 is 11.9 Å². The second-order valence-corrected chi connectivity index (χ2v) is 5.57. The highest BCUT2D eigenvalue weighted by atomic mass is 16.7. The van der Waals surface area contributed by atoms with Crippen LogP contribution in [0.5, 0.6) is 0 Å². The van der Waals surface area contributed by atoms with Gasteiger partial charge in [0.05, 0.1) is 0 Å². The molecule has 0 spiro atoms. The average Bonchev–Trinajstić information content (AvgIpc) is 1.98. The lowest BCUT2D eigenvalue weighted by Gasteiger charge is -2.20. The summed E-state index contributed by atoms with van der Waals surface area (Å²) >= 11 is 0. The first-order valence-corrected chi connectivity index (χ1v) is 5.16. The average molecular weight is 231 g/mol. The van der Waals surface area contributed by atoms with Crippen LogP contribution in [0.1, 0.15) is 41.5 Å². The summed E-state index contributed by atoms with van der Waals surface area (Å²) in [6, 6.07) is 0. The molecule has 1 N–H and O–H groups in total. The summed E-state index contributed by atoms with van der Waals surface area (Å²) < 4.78 is 4.92. The normalized spacial score (nSPS) is 12.1. The van der Waals surface area contributed by atoms with Gasteiger partial charge in [-0.1, -0.05) is 20.8 Å². The van der Waals surface area contributed by atoms with Gasteiger partial charge in [-0.05, 0) is 20.8 Å². The van der Waals surface area contributed by atoms with Crippen molar-refractivity contribution in [1.29, 1.82) is 0 Å². The topological polar surface area (TPSA) is 64.6 Å². The Labute approximate surface area is 96.4 Å². The SMILES string of the molecule is CC(C)(C)OC(=O)NOCC(=O)C(C)(C)C. The Morgan fingerprint density at radius 3 is 1.94 bits per heavy atom. The van der Waals surface area contributed by atoms with E-state index < -0.39 is 17.1 Å². The molecule has 0 aliphatic rings. The third-order valence-corrected chi connectivity index (χ3v) is 1.59. The zero-order chi connectivity index (χ0) is 13.0. The third-order valence-electron chi connectivity index (χ3n) is 1.59. The molecule has 0 aliphatic carbocycles. The Morgan fingerprint density at radius 2 is 1.56 bits per heavy atom. The summed E-state index contributed by atoms with van der Waals surface area (Å²) in [5.41, 5.74) is 1.00. The zero-order valence-electron chi connectivity index (χ0n) is 10.8. The van der Waals surface area contributed by atoms with Crippen molar-refractivity contribution in [3.63, 3.8) is 0 Å². The standard InChI is InChI=1S/C11H21NO4/c1-10(2,3)8(13)7-15-12-9(14)16-11(4,5)6/h7H2,1-6H3,(H,12,14). The van der Waals surface area contributed by atoms with Crippen molar-refractivity contribution in [3.8, 4) is 0 Å². The van der Waals surface area contributed by atoms with Gasteiger partial charge in [0, 0.05) is 5.41 Å². The monoisotopic (exact) mass is 231 g/mol. The molecule has 0 bridgehead atoms. The fourth-order valence-corrected chi connectivity index (χ4v) is 0.676. The van der Waals surface area contributed by atoms with E-state index in [9.17, 15) is 9.59 Å². The number of ether oxygens (including phenoxy) is 1. The van der Waals surface area contributed by atoms with E-state index >= 15 is 0 Å². The number of Topliss-reactive ketones (excluding diaryl/α,β-unsaturated/α-hetero) is 1. The van der Waals surface area contributed by atoms with Crippen LogP contribution in [-0.2, 0) is 14.4 Å². The van der Waals surface area contributed by atoms with Crippen molar-refractivity contribution in [2.45, 2.75) is 47.1 Å². The maximum absolute atomic E-state index is 11.4. The first-order chi connectivity index (χ1) is 7.02. The van der Waals surface area contributed by atoms with Crippen LogP contribution in [0.25, 0.3) is 0 Å². The number of nitrogens with one attached hydrogen (secondary N) is 1. The molecule has 5 heteroatoms. The van der Waals surface area contributed by atoms with Gasteiger partial charge in [-0.25, -0.2) is 4.79 Å². The number of ketones is 1. The van der Waals surface area contributed by atoms with Crippen molar-refractivity contribution < 1.29 is 19.2 Å². The van der Waals surface area contributed by atoms with Crippen molar-refractivity contribution in [2.75, 3.05) is 6.61 Å². The van der Waals surface area contributed by atoms with Crippen LogP contribution in [0, 0.1) is 5.41 Å². The Hall–Kier alpha value is -1.10. The van der Waals surface area contributed by atoms with Crippen molar-refractivity contribution in [3.05, 3.63) is 0 Å². The molecule has 0 saturated heterocycles. The fraction of sp³-hybridized carbons (Fsp3) is 0.818. The van der Waals surface area contributed by atoms with Crippen LogP contribution in [0.2, 0.25) is 0 Å². The molecular formula is C11H21NO4. The summed E-state index contributed by atoms with van der Waals surface area (Å²) in [6.45, 7) is 10.4. The Morgan fingerprint density at radius 1 is 1.06 bits per heavy atom. The molecule has 0 unspecified atom stereocenters. The van der Waals surface area contributed by atoms with Crippen LogP contribution in [0.15, 0.2) is 0 Å². The van der Waals surface area contributed by atoms with E-state index in [-0.39, 0.29) is 12.4 Å². The largest absolute Gasteiger partial charge is 0.442 e. The van der Waals surface area contributed by atoms with Crippen LogP contribution in [0.4, 0.5) is 4.79 Å². The number of carbonyl (C=O) groups is 2. The zero-order valence-corrected chi connectivity index (χ0v) is 10.8. The summed E-state index contributed by atoms with van der Waals surface area (Å²) in [5, 5.41) is 0. The van der Waals surface area contributed by atoms with Gasteiger partial charge in [0.25, 0.3) is 0 Å². The van der Waals surface area contributed by atoms with E-state index in [0.717, 1.165) is 0 Å². The molecule has 0 aromatic heterocycles. The van der Waals surface area contributed by atoms with Gasteiger partial charge < -0.3 is 4.74 Å². The van der Waals surface area contributed by atoms with Gasteiger partial charge in [0.2, 0.25) is 0 Å². The lowest BCUT2D eigenvalue weighted by Crippen LogP contribution is -2.35. The minimum Gasteiger partial charge on any atom is -0.442 e. The summed E-state index contributed by atoms with van der Waals surface area (Å²) in [5.74, 6) is -0.0939. The van der Waals surface area contributed by atoms with E-state index in [4.69, 9.17) is 9.57 Å². The summed E-state index contributed by atoms with van der Waals surface area (Å²) in [6.07, 6.45) is -0.700. The van der Waals surface area contributed by atoms with Gasteiger partial charge in [0.15, 0.2) is 5.78 Å². The molecule has 0 atom stereocenters. The molecule has 0 fully saturated rings. The van der Waals surface area contributed by atoms with Crippen molar-refractivity contribution in [1.82, 2.24) is 5.48 Å². The molecule has 0 heterocycles. The maximum atomic E-state index is 11.4. The molecule has 0 radical (unpaired) electrons. The molecule has 0 rings (SSSR count). The molecular weight excluding hydrogens is 210 g/mol. The van der Waals surface area contributed by atoms with Gasteiger partial charge in [0.1, 0.15) is 12.2 Å². The van der Waals surface area contributed by atoms with Gasteiger partial charge in [-0.2, -0.15) is 5.48 Å². The highest BCUT2D eigenvalue weighted by Crippen LogP contribution is 2.14. The Bertz CT molecular complexity index is 260. The number of hydroxylamine groups is 1. The number of hydrogen-bond donors (Lipinski definition) is 1. The highest BCUT2D eigenvalue weighted by molar-refractivity contribution is 5.84. The minimum atomic E-state index is -0.700. The second-order valence-electron chi connectivity index (χ2n) is 5.57. The minimum absolute atomic E-state index is 0.0939. The number of carbonyl (C=O) groups excluding carboxylic acids is 2. The molecule has 0 aliphatic heterocycles. The van der Waals surface area contributed by atoms with Gasteiger partial charge in [-0.3, -0.25) is 9.63 Å². The van der Waals surface area contributed by atoms with Gasteiger partial charge >= 0.3 is 6.09 Å². The van der Waals surface area contributed by atoms with Crippen LogP contribution < -0.4 is 5.48 Å². The van der Waals surface area contributed by atoms with Crippen LogP contribution in [0.3, 0.4) is 0 Å². The van der Waals surface area contributed by atoms with Crippen LogP contribution in [-0.4, -0.2) is 24.1 Å². The van der Waals surface area contributed by atoms with E-state index in [1.807, 2.05) is 0 Å². The van der Waals surface area contributed by atoms with Gasteiger partial charge in [-0.15, -0.1) is 0 Å². The Balaban J connectivity index is 3.84. The smallest absolute Gasteiger partial charge is 0.431 e. The predicted molar refractivity (Wildman–Crippen MR) is 59.8 cm³/mol. The number of amides is 1. The molecule has 16 heavy (non-hydrogen) atoms. The van der Waals surface area contributed by atoms with E-state index in [1.54, 1.807) is 41.5 Å². The molecule has 94 valence electrons. The molecule has 5 nitrogen and oxygen atoms in total. The highest BCUT2D eigenvalue weighted by Gasteiger charge is 2.22. The summed E-state index contributed by atoms with van der Waals surface area (Å²) in [7, 11) is 0. The fourth-order valence-electron chi connectivity index (χ4n) is 0.676. The summed E-state index contributed by atoms with van der Waals surface area (Å²) in [4.78, 5) is 27.3. The van der Waals surface area contributed by atoms with E-state index in [1.165, 1.54) is 0 Å². The maximum Gasteiger partial charge on any atom is 0.431 e. The van der Waals surface area contributed by atoms with E-state index in [0.29, 0.717) is 0 Å². The first kappa shape index (κ1) is 14.9. The van der Waals surface area contributed by atoms with Crippen molar-refractivity contribution in [2.24, 2.45) is 5.41 Å². The molecule has 0 saturated carbocycles. The Kier molecular flexibility index (Phi) is 4.93.